The Morgan fingerprint density at radius 2 is 2.05 bits per heavy atom. The zero-order chi connectivity index (χ0) is 13.3. The lowest BCUT2D eigenvalue weighted by molar-refractivity contribution is 0.232. The molecule has 0 spiro atoms. The first-order valence-electron chi connectivity index (χ1n) is 7.35. The summed E-state index contributed by atoms with van der Waals surface area (Å²) in [7, 11) is 0. The van der Waals surface area contributed by atoms with E-state index in [0.717, 1.165) is 24.3 Å². The number of hydrogen-bond donors (Lipinski definition) is 1. The lowest BCUT2D eigenvalue weighted by atomic mass is 9.72. The standard InChI is InChI=1S/C17H22N2/c1-2-13-7-9-17(18,10-8-13)15-6-5-14-4-3-11-19-16(14)12-15/h3-6,11-13H,2,7-10,18H2,1H3. The van der Waals surface area contributed by atoms with Gasteiger partial charge in [0.1, 0.15) is 0 Å². The molecule has 1 aromatic carbocycles. The summed E-state index contributed by atoms with van der Waals surface area (Å²) < 4.78 is 0. The van der Waals surface area contributed by atoms with Crippen molar-refractivity contribution in [2.24, 2.45) is 11.7 Å². The Balaban J connectivity index is 1.91. The Labute approximate surface area is 115 Å². The van der Waals surface area contributed by atoms with Crippen LogP contribution in [0.25, 0.3) is 10.9 Å². The second kappa shape index (κ2) is 4.93. The van der Waals surface area contributed by atoms with Crippen LogP contribution in [-0.2, 0) is 5.54 Å². The summed E-state index contributed by atoms with van der Waals surface area (Å²) in [5, 5.41) is 1.19. The maximum atomic E-state index is 6.66. The van der Waals surface area contributed by atoms with E-state index in [1.165, 1.54) is 30.2 Å². The number of benzene rings is 1. The highest BCUT2D eigenvalue weighted by Gasteiger charge is 2.32. The predicted molar refractivity (Wildman–Crippen MR) is 79.9 cm³/mol. The molecule has 1 aromatic heterocycles. The van der Waals surface area contributed by atoms with Gasteiger partial charge in [0.25, 0.3) is 0 Å². The van der Waals surface area contributed by atoms with E-state index in [1.807, 2.05) is 12.3 Å². The summed E-state index contributed by atoms with van der Waals surface area (Å²) in [6, 6.07) is 10.6. The van der Waals surface area contributed by atoms with E-state index >= 15 is 0 Å². The summed E-state index contributed by atoms with van der Waals surface area (Å²) >= 11 is 0. The van der Waals surface area contributed by atoms with Gasteiger partial charge < -0.3 is 5.73 Å². The quantitative estimate of drug-likeness (QED) is 0.880. The van der Waals surface area contributed by atoms with Crippen molar-refractivity contribution >= 4 is 10.9 Å². The summed E-state index contributed by atoms with van der Waals surface area (Å²) in [6.45, 7) is 2.29. The lowest BCUT2D eigenvalue weighted by Gasteiger charge is -2.37. The normalized spacial score (nSPS) is 27.6. The fraction of sp³-hybridized carbons (Fsp3) is 0.471. The molecule has 0 radical (unpaired) electrons. The summed E-state index contributed by atoms with van der Waals surface area (Å²) in [5.74, 6) is 0.871. The maximum absolute atomic E-state index is 6.66. The molecule has 100 valence electrons. The smallest absolute Gasteiger partial charge is 0.0705 e. The van der Waals surface area contributed by atoms with Gasteiger partial charge >= 0.3 is 0 Å². The van der Waals surface area contributed by atoms with Gasteiger partial charge in [-0.1, -0.05) is 31.5 Å². The van der Waals surface area contributed by atoms with Crippen LogP contribution in [0.5, 0.6) is 0 Å². The van der Waals surface area contributed by atoms with E-state index in [2.05, 4.69) is 36.2 Å². The fourth-order valence-electron chi connectivity index (χ4n) is 3.27. The number of pyridine rings is 1. The van der Waals surface area contributed by atoms with Crippen LogP contribution < -0.4 is 5.73 Å². The van der Waals surface area contributed by atoms with Crippen LogP contribution in [0.2, 0.25) is 0 Å². The molecule has 1 heterocycles. The molecule has 0 atom stereocenters. The molecular weight excluding hydrogens is 232 g/mol. The van der Waals surface area contributed by atoms with E-state index in [4.69, 9.17) is 5.73 Å². The molecule has 2 heteroatoms. The van der Waals surface area contributed by atoms with Crippen LogP contribution in [0.4, 0.5) is 0 Å². The Morgan fingerprint density at radius 1 is 1.26 bits per heavy atom. The van der Waals surface area contributed by atoms with Crippen molar-refractivity contribution in [3.05, 3.63) is 42.1 Å². The third kappa shape index (κ3) is 2.37. The minimum atomic E-state index is -0.141. The molecule has 2 nitrogen and oxygen atoms in total. The molecule has 3 rings (SSSR count). The average Bonchev–Trinajstić information content (AvgIpc) is 2.47. The first-order valence-corrected chi connectivity index (χ1v) is 7.35. The first kappa shape index (κ1) is 12.6. The fourth-order valence-corrected chi connectivity index (χ4v) is 3.27. The zero-order valence-electron chi connectivity index (χ0n) is 11.6. The average molecular weight is 254 g/mol. The van der Waals surface area contributed by atoms with Crippen molar-refractivity contribution in [2.45, 2.75) is 44.6 Å². The van der Waals surface area contributed by atoms with Crippen LogP contribution in [0.3, 0.4) is 0 Å². The first-order chi connectivity index (χ1) is 9.21. The molecular formula is C17H22N2. The number of aromatic nitrogens is 1. The van der Waals surface area contributed by atoms with E-state index < -0.39 is 0 Å². The molecule has 2 N–H and O–H groups in total. The highest BCUT2D eigenvalue weighted by atomic mass is 14.8. The van der Waals surface area contributed by atoms with Crippen LogP contribution >= 0.6 is 0 Å². The molecule has 1 aliphatic rings. The highest BCUT2D eigenvalue weighted by molar-refractivity contribution is 5.79. The molecule has 1 fully saturated rings. The Hall–Kier alpha value is -1.41. The number of hydrogen-bond acceptors (Lipinski definition) is 2. The Morgan fingerprint density at radius 3 is 2.79 bits per heavy atom. The Bertz CT molecular complexity index is 568. The van der Waals surface area contributed by atoms with Crippen molar-refractivity contribution in [2.75, 3.05) is 0 Å². The van der Waals surface area contributed by atoms with Gasteiger partial charge in [0, 0.05) is 17.1 Å². The molecule has 0 unspecified atom stereocenters. The SMILES string of the molecule is CCC1CCC(N)(c2ccc3cccnc3c2)CC1. The summed E-state index contributed by atoms with van der Waals surface area (Å²) in [6.07, 6.45) is 7.85. The second-order valence-electron chi connectivity index (χ2n) is 5.92. The number of fused-ring (bicyclic) bond motifs is 1. The zero-order valence-corrected chi connectivity index (χ0v) is 11.6. The number of nitrogens with two attached hydrogens (primary N) is 1. The van der Waals surface area contributed by atoms with Gasteiger partial charge in [-0.15, -0.1) is 0 Å². The molecule has 19 heavy (non-hydrogen) atoms. The molecule has 0 saturated heterocycles. The third-order valence-corrected chi connectivity index (χ3v) is 4.76. The van der Waals surface area contributed by atoms with Gasteiger partial charge in [-0.3, -0.25) is 4.98 Å². The van der Waals surface area contributed by atoms with Crippen LogP contribution in [0.15, 0.2) is 36.5 Å². The second-order valence-corrected chi connectivity index (χ2v) is 5.92. The summed E-state index contributed by atoms with van der Waals surface area (Å²) in [5.41, 5.74) is 8.83. The predicted octanol–water partition coefficient (Wildman–Crippen LogP) is 3.99. The van der Waals surface area contributed by atoms with Crippen molar-refractivity contribution in [1.29, 1.82) is 0 Å². The van der Waals surface area contributed by atoms with Gasteiger partial charge in [0.15, 0.2) is 0 Å². The van der Waals surface area contributed by atoms with Gasteiger partial charge in [-0.2, -0.15) is 0 Å². The van der Waals surface area contributed by atoms with Gasteiger partial charge in [-0.25, -0.2) is 0 Å². The molecule has 1 saturated carbocycles. The minimum absolute atomic E-state index is 0.141. The van der Waals surface area contributed by atoms with E-state index in [1.54, 1.807) is 0 Å². The Kier molecular flexibility index (Phi) is 3.28. The van der Waals surface area contributed by atoms with Crippen molar-refractivity contribution in [1.82, 2.24) is 4.98 Å². The van der Waals surface area contributed by atoms with Gasteiger partial charge in [0.05, 0.1) is 5.52 Å². The van der Waals surface area contributed by atoms with E-state index in [-0.39, 0.29) is 5.54 Å². The topological polar surface area (TPSA) is 38.9 Å². The third-order valence-electron chi connectivity index (χ3n) is 4.76. The van der Waals surface area contributed by atoms with Crippen LogP contribution in [0, 0.1) is 5.92 Å². The van der Waals surface area contributed by atoms with Crippen molar-refractivity contribution < 1.29 is 0 Å². The minimum Gasteiger partial charge on any atom is -0.321 e. The van der Waals surface area contributed by atoms with E-state index in [9.17, 15) is 0 Å². The van der Waals surface area contributed by atoms with Crippen molar-refractivity contribution in [3.8, 4) is 0 Å². The highest BCUT2D eigenvalue weighted by Crippen LogP contribution is 2.39. The molecule has 0 amide bonds. The lowest BCUT2D eigenvalue weighted by Crippen LogP contribution is -2.40. The maximum Gasteiger partial charge on any atom is 0.0705 e. The van der Waals surface area contributed by atoms with Crippen LogP contribution in [0.1, 0.15) is 44.6 Å². The van der Waals surface area contributed by atoms with Gasteiger partial charge in [-0.05, 0) is 49.3 Å². The monoisotopic (exact) mass is 254 g/mol. The van der Waals surface area contributed by atoms with Crippen molar-refractivity contribution in [3.63, 3.8) is 0 Å². The largest absolute Gasteiger partial charge is 0.321 e. The molecule has 0 aliphatic heterocycles. The molecule has 2 aromatic rings. The molecule has 0 bridgehead atoms. The van der Waals surface area contributed by atoms with Gasteiger partial charge in [0.2, 0.25) is 0 Å². The number of rotatable bonds is 2. The summed E-state index contributed by atoms with van der Waals surface area (Å²) in [4.78, 5) is 4.44. The van der Waals surface area contributed by atoms with Crippen LogP contribution in [-0.4, -0.2) is 4.98 Å². The number of nitrogens with zero attached hydrogens (tertiary/aromatic N) is 1. The van der Waals surface area contributed by atoms with E-state index in [0.29, 0.717) is 0 Å². The molecule has 1 aliphatic carbocycles.